The quantitative estimate of drug-likeness (QED) is 0.842. The third kappa shape index (κ3) is 3.47. The van der Waals surface area contributed by atoms with Gasteiger partial charge in [0.2, 0.25) is 0 Å². The van der Waals surface area contributed by atoms with Gasteiger partial charge in [-0.25, -0.2) is 4.39 Å². The third-order valence-electron chi connectivity index (χ3n) is 2.60. The second kappa shape index (κ2) is 6.06. The maximum absolute atomic E-state index is 12.8. The van der Waals surface area contributed by atoms with Crippen LogP contribution in [0.2, 0.25) is 0 Å². The van der Waals surface area contributed by atoms with Crippen LogP contribution in [0.5, 0.6) is 5.75 Å². The van der Waals surface area contributed by atoms with Crippen molar-refractivity contribution in [2.75, 3.05) is 17.7 Å². The molecule has 1 amide bonds. The van der Waals surface area contributed by atoms with Gasteiger partial charge in [0.15, 0.2) is 0 Å². The lowest BCUT2D eigenvalue weighted by molar-refractivity contribution is 0.102. The van der Waals surface area contributed by atoms with E-state index >= 15 is 0 Å². The third-order valence-corrected chi connectivity index (χ3v) is 2.60. The van der Waals surface area contributed by atoms with E-state index in [0.29, 0.717) is 29.3 Å². The molecule has 2 rings (SSSR count). The molecule has 0 atom stereocenters. The van der Waals surface area contributed by atoms with Gasteiger partial charge in [-0.05, 0) is 43.3 Å². The van der Waals surface area contributed by atoms with Crippen molar-refractivity contribution in [2.45, 2.75) is 6.92 Å². The van der Waals surface area contributed by atoms with E-state index in [1.807, 2.05) is 6.92 Å². The lowest BCUT2D eigenvalue weighted by Crippen LogP contribution is -2.12. The number of rotatable bonds is 4. The number of ether oxygens (including phenoxy) is 1. The van der Waals surface area contributed by atoms with E-state index in [0.717, 1.165) is 0 Å². The Hall–Kier alpha value is -2.56. The molecule has 5 heteroatoms. The van der Waals surface area contributed by atoms with Gasteiger partial charge >= 0.3 is 0 Å². The summed E-state index contributed by atoms with van der Waals surface area (Å²) in [6.45, 7) is 2.34. The molecule has 0 fully saturated rings. The van der Waals surface area contributed by atoms with Crippen LogP contribution < -0.4 is 15.8 Å². The summed E-state index contributed by atoms with van der Waals surface area (Å²) in [7, 11) is 0. The van der Waals surface area contributed by atoms with E-state index < -0.39 is 0 Å². The van der Waals surface area contributed by atoms with Crippen molar-refractivity contribution in [1.29, 1.82) is 0 Å². The summed E-state index contributed by atoms with van der Waals surface area (Å²) in [5.74, 6) is -0.146. The fraction of sp³-hybridized carbons (Fsp3) is 0.133. The smallest absolute Gasteiger partial charge is 0.255 e. The van der Waals surface area contributed by atoms with Gasteiger partial charge in [-0.2, -0.15) is 0 Å². The molecule has 4 nitrogen and oxygen atoms in total. The van der Waals surface area contributed by atoms with E-state index in [1.54, 1.807) is 18.2 Å². The molecule has 0 spiro atoms. The molecule has 2 aromatic rings. The Balaban J connectivity index is 2.18. The summed E-state index contributed by atoms with van der Waals surface area (Å²) in [6.07, 6.45) is 0. The van der Waals surface area contributed by atoms with Crippen molar-refractivity contribution >= 4 is 17.3 Å². The highest BCUT2D eigenvalue weighted by atomic mass is 19.1. The van der Waals surface area contributed by atoms with Crippen LogP contribution in [0.15, 0.2) is 42.5 Å². The second-order valence-corrected chi connectivity index (χ2v) is 4.18. The molecule has 0 saturated carbocycles. The number of amides is 1. The Bertz CT molecular complexity index is 612. The topological polar surface area (TPSA) is 64.3 Å². The number of halogens is 1. The minimum Gasteiger partial charge on any atom is -0.494 e. The van der Waals surface area contributed by atoms with E-state index in [2.05, 4.69) is 5.32 Å². The molecule has 0 unspecified atom stereocenters. The molecule has 0 saturated heterocycles. The minimum atomic E-state index is -0.356. The molecule has 0 bridgehead atoms. The van der Waals surface area contributed by atoms with Crippen LogP contribution in [0.25, 0.3) is 0 Å². The van der Waals surface area contributed by atoms with Crippen LogP contribution in [0.1, 0.15) is 17.3 Å². The maximum Gasteiger partial charge on any atom is 0.255 e. The average Bonchev–Trinajstić information content (AvgIpc) is 2.41. The monoisotopic (exact) mass is 274 g/mol. The van der Waals surface area contributed by atoms with Gasteiger partial charge in [-0.1, -0.05) is 0 Å². The van der Waals surface area contributed by atoms with E-state index in [4.69, 9.17) is 10.5 Å². The summed E-state index contributed by atoms with van der Waals surface area (Å²) >= 11 is 0. The van der Waals surface area contributed by atoms with Gasteiger partial charge in [0, 0.05) is 23.0 Å². The van der Waals surface area contributed by atoms with Crippen molar-refractivity contribution in [2.24, 2.45) is 0 Å². The fourth-order valence-electron chi connectivity index (χ4n) is 1.74. The van der Waals surface area contributed by atoms with Gasteiger partial charge < -0.3 is 15.8 Å². The number of nitrogens with two attached hydrogens (primary N) is 1. The number of nitrogens with one attached hydrogen (secondary N) is 1. The van der Waals surface area contributed by atoms with E-state index in [9.17, 15) is 9.18 Å². The summed E-state index contributed by atoms with van der Waals surface area (Å²) in [5.41, 5.74) is 7.07. The Morgan fingerprint density at radius 3 is 2.60 bits per heavy atom. The first-order valence-corrected chi connectivity index (χ1v) is 6.19. The highest BCUT2D eigenvalue weighted by molar-refractivity contribution is 6.05. The van der Waals surface area contributed by atoms with Crippen molar-refractivity contribution in [3.8, 4) is 5.75 Å². The maximum atomic E-state index is 12.8. The Morgan fingerprint density at radius 1 is 1.25 bits per heavy atom. The van der Waals surface area contributed by atoms with Crippen LogP contribution in [0.3, 0.4) is 0 Å². The molecular weight excluding hydrogens is 259 g/mol. The molecule has 0 aromatic heterocycles. The van der Waals surface area contributed by atoms with Crippen LogP contribution in [0.4, 0.5) is 15.8 Å². The number of carbonyl (C=O) groups is 1. The molecule has 3 N–H and O–H groups in total. The molecule has 0 aliphatic carbocycles. The number of anilines is 2. The average molecular weight is 274 g/mol. The highest BCUT2D eigenvalue weighted by Crippen LogP contribution is 2.20. The molecule has 104 valence electrons. The zero-order chi connectivity index (χ0) is 14.5. The first-order valence-electron chi connectivity index (χ1n) is 6.19. The zero-order valence-corrected chi connectivity index (χ0v) is 11.0. The minimum absolute atomic E-state index is 0.329. The molecule has 20 heavy (non-hydrogen) atoms. The molecule has 2 aromatic carbocycles. The van der Waals surface area contributed by atoms with Crippen molar-refractivity contribution in [1.82, 2.24) is 0 Å². The van der Waals surface area contributed by atoms with Crippen LogP contribution in [-0.4, -0.2) is 12.5 Å². The van der Waals surface area contributed by atoms with Crippen LogP contribution in [-0.2, 0) is 0 Å². The zero-order valence-electron chi connectivity index (χ0n) is 11.0. The molecular formula is C15H15FN2O2. The van der Waals surface area contributed by atoms with Crippen molar-refractivity contribution in [3.63, 3.8) is 0 Å². The van der Waals surface area contributed by atoms with E-state index in [1.165, 1.54) is 24.3 Å². The van der Waals surface area contributed by atoms with Crippen LogP contribution in [0, 0.1) is 5.82 Å². The number of carbonyl (C=O) groups excluding carboxylic acids is 1. The SMILES string of the molecule is CCOc1cc(N)cc(C(=O)Nc2ccc(F)cc2)c1. The predicted molar refractivity (Wildman–Crippen MR) is 76.4 cm³/mol. The fourth-order valence-corrected chi connectivity index (χ4v) is 1.74. The Kier molecular flexibility index (Phi) is 4.20. The lowest BCUT2D eigenvalue weighted by atomic mass is 10.1. The van der Waals surface area contributed by atoms with Gasteiger partial charge in [0.25, 0.3) is 5.91 Å². The lowest BCUT2D eigenvalue weighted by Gasteiger charge is -2.09. The second-order valence-electron chi connectivity index (χ2n) is 4.18. The number of hydrogen-bond donors (Lipinski definition) is 2. The Morgan fingerprint density at radius 2 is 1.95 bits per heavy atom. The summed E-state index contributed by atoms with van der Waals surface area (Å²) in [6, 6.07) is 10.4. The molecule has 0 aliphatic heterocycles. The first kappa shape index (κ1) is 13.9. The highest BCUT2D eigenvalue weighted by Gasteiger charge is 2.09. The van der Waals surface area contributed by atoms with Gasteiger partial charge in [0.05, 0.1) is 6.61 Å². The summed E-state index contributed by atoms with van der Waals surface area (Å²) < 4.78 is 18.1. The van der Waals surface area contributed by atoms with Crippen molar-refractivity contribution in [3.05, 3.63) is 53.8 Å². The van der Waals surface area contributed by atoms with Gasteiger partial charge in [-0.3, -0.25) is 4.79 Å². The van der Waals surface area contributed by atoms with Crippen LogP contribution >= 0.6 is 0 Å². The first-order chi connectivity index (χ1) is 9.58. The number of benzene rings is 2. The van der Waals surface area contributed by atoms with Gasteiger partial charge in [0.1, 0.15) is 11.6 Å². The standard InChI is InChI=1S/C15H15FN2O2/c1-2-20-14-8-10(7-12(17)9-14)15(19)18-13-5-3-11(16)4-6-13/h3-9H,2,17H2,1H3,(H,18,19). The predicted octanol–water partition coefficient (Wildman–Crippen LogP) is 3.06. The molecule has 0 aliphatic rings. The molecule has 0 heterocycles. The number of nitrogen functional groups attached to an aromatic ring is 1. The normalized spacial score (nSPS) is 10.1. The Labute approximate surface area is 116 Å². The largest absolute Gasteiger partial charge is 0.494 e. The van der Waals surface area contributed by atoms with Crippen molar-refractivity contribution < 1.29 is 13.9 Å². The van der Waals surface area contributed by atoms with E-state index in [-0.39, 0.29) is 11.7 Å². The summed E-state index contributed by atoms with van der Waals surface area (Å²) in [5, 5.41) is 2.67. The number of hydrogen-bond acceptors (Lipinski definition) is 3. The van der Waals surface area contributed by atoms with Gasteiger partial charge in [-0.15, -0.1) is 0 Å². The summed E-state index contributed by atoms with van der Waals surface area (Å²) in [4.78, 5) is 12.1. The molecule has 0 radical (unpaired) electrons.